The standard InChI is InChI=1S/C17H19ClN2O3/c1-11(2)17(22)20-14-9-16(21)15(8-13(14)18)19-10-23-12-6-4-3-5-7-12/h3-9,11,19,21H,10H2,1-2H3,(H,20,22). The second-order valence-electron chi connectivity index (χ2n) is 5.27. The molecule has 0 aliphatic rings. The van der Waals surface area contributed by atoms with Crippen LogP contribution in [-0.4, -0.2) is 17.7 Å². The quantitative estimate of drug-likeness (QED) is 0.549. The molecular formula is C17H19ClN2O3. The van der Waals surface area contributed by atoms with E-state index in [0.29, 0.717) is 22.1 Å². The van der Waals surface area contributed by atoms with Gasteiger partial charge in [-0.25, -0.2) is 0 Å². The number of carbonyl (C=O) groups excluding carboxylic acids is 1. The first-order valence-electron chi connectivity index (χ1n) is 7.22. The molecule has 0 bridgehead atoms. The van der Waals surface area contributed by atoms with E-state index in [4.69, 9.17) is 16.3 Å². The normalized spacial score (nSPS) is 10.4. The summed E-state index contributed by atoms with van der Waals surface area (Å²) in [4.78, 5) is 11.7. The Morgan fingerprint density at radius 2 is 1.91 bits per heavy atom. The van der Waals surface area contributed by atoms with Crippen LogP contribution in [-0.2, 0) is 4.79 Å². The summed E-state index contributed by atoms with van der Waals surface area (Å²) in [6.45, 7) is 3.73. The number of carbonyl (C=O) groups is 1. The van der Waals surface area contributed by atoms with Gasteiger partial charge >= 0.3 is 0 Å². The van der Waals surface area contributed by atoms with E-state index >= 15 is 0 Å². The molecule has 6 heteroatoms. The third-order valence-corrected chi connectivity index (χ3v) is 3.42. The van der Waals surface area contributed by atoms with Gasteiger partial charge in [0.25, 0.3) is 0 Å². The average Bonchev–Trinajstić information content (AvgIpc) is 2.52. The SMILES string of the molecule is CC(C)C(=O)Nc1cc(O)c(NCOc2ccccc2)cc1Cl. The Labute approximate surface area is 140 Å². The number of halogens is 1. The number of phenolic OH excluding ortho intramolecular Hbond substituents is 1. The van der Waals surface area contributed by atoms with E-state index < -0.39 is 0 Å². The fourth-order valence-corrected chi connectivity index (χ4v) is 2.00. The van der Waals surface area contributed by atoms with Crippen molar-refractivity contribution in [2.24, 2.45) is 5.92 Å². The highest BCUT2D eigenvalue weighted by Gasteiger charge is 2.12. The number of hydrogen-bond donors (Lipinski definition) is 3. The van der Waals surface area contributed by atoms with Crippen molar-refractivity contribution >= 4 is 28.9 Å². The maximum atomic E-state index is 11.7. The van der Waals surface area contributed by atoms with Crippen LogP contribution in [0.25, 0.3) is 0 Å². The molecule has 1 amide bonds. The van der Waals surface area contributed by atoms with Crippen LogP contribution in [0.4, 0.5) is 11.4 Å². The molecule has 0 aliphatic carbocycles. The zero-order valence-corrected chi connectivity index (χ0v) is 13.7. The van der Waals surface area contributed by atoms with Gasteiger partial charge in [0.1, 0.15) is 11.5 Å². The number of hydrogen-bond acceptors (Lipinski definition) is 4. The zero-order valence-electron chi connectivity index (χ0n) is 13.0. The molecule has 0 saturated carbocycles. The smallest absolute Gasteiger partial charge is 0.226 e. The van der Waals surface area contributed by atoms with E-state index in [1.807, 2.05) is 30.3 Å². The Bertz CT molecular complexity index is 675. The lowest BCUT2D eigenvalue weighted by molar-refractivity contribution is -0.118. The largest absolute Gasteiger partial charge is 0.506 e. The highest BCUT2D eigenvalue weighted by atomic mass is 35.5. The third-order valence-electron chi connectivity index (χ3n) is 3.11. The third kappa shape index (κ3) is 4.79. The molecule has 0 aromatic heterocycles. The van der Waals surface area contributed by atoms with Crippen LogP contribution in [0, 0.1) is 5.92 Å². The van der Waals surface area contributed by atoms with Gasteiger partial charge in [-0.2, -0.15) is 0 Å². The number of rotatable bonds is 6. The lowest BCUT2D eigenvalue weighted by atomic mass is 10.2. The van der Waals surface area contributed by atoms with E-state index in [9.17, 15) is 9.90 Å². The second kappa shape index (κ2) is 7.74. The number of ether oxygens (including phenoxy) is 1. The lowest BCUT2D eigenvalue weighted by Crippen LogP contribution is -2.18. The highest BCUT2D eigenvalue weighted by Crippen LogP contribution is 2.34. The summed E-state index contributed by atoms with van der Waals surface area (Å²) in [5.41, 5.74) is 0.797. The first-order chi connectivity index (χ1) is 11.0. The van der Waals surface area contributed by atoms with Crippen LogP contribution in [0.1, 0.15) is 13.8 Å². The van der Waals surface area contributed by atoms with Crippen molar-refractivity contribution in [2.45, 2.75) is 13.8 Å². The van der Waals surface area contributed by atoms with E-state index in [1.165, 1.54) is 6.07 Å². The molecule has 0 saturated heterocycles. The summed E-state index contributed by atoms with van der Waals surface area (Å²) in [6, 6.07) is 12.3. The van der Waals surface area contributed by atoms with Crippen molar-refractivity contribution in [1.29, 1.82) is 0 Å². The maximum absolute atomic E-state index is 11.7. The van der Waals surface area contributed by atoms with Gasteiger partial charge < -0.3 is 20.5 Å². The average molecular weight is 335 g/mol. The summed E-state index contributed by atoms with van der Waals surface area (Å²) in [5.74, 6) is 0.348. The van der Waals surface area contributed by atoms with Crippen LogP contribution in [0.15, 0.2) is 42.5 Å². The van der Waals surface area contributed by atoms with Crippen molar-refractivity contribution in [3.8, 4) is 11.5 Å². The number of benzene rings is 2. The molecular weight excluding hydrogens is 316 g/mol. The molecule has 0 spiro atoms. The summed E-state index contributed by atoms with van der Waals surface area (Å²) in [7, 11) is 0. The number of para-hydroxylation sites is 1. The summed E-state index contributed by atoms with van der Waals surface area (Å²) in [5, 5.41) is 16.0. The molecule has 0 unspecified atom stereocenters. The summed E-state index contributed by atoms with van der Waals surface area (Å²) < 4.78 is 5.50. The van der Waals surface area contributed by atoms with Gasteiger partial charge in [0.05, 0.1) is 16.4 Å². The fourth-order valence-electron chi connectivity index (χ4n) is 1.79. The molecule has 2 aromatic carbocycles. The van der Waals surface area contributed by atoms with Crippen molar-refractivity contribution in [3.05, 3.63) is 47.5 Å². The fraction of sp³-hybridized carbons (Fsp3) is 0.235. The number of anilines is 2. The van der Waals surface area contributed by atoms with Gasteiger partial charge in [-0.15, -0.1) is 0 Å². The molecule has 5 nitrogen and oxygen atoms in total. The van der Waals surface area contributed by atoms with Gasteiger partial charge in [0, 0.05) is 12.0 Å². The number of nitrogens with one attached hydrogen (secondary N) is 2. The Hall–Kier alpha value is -2.40. The number of aromatic hydroxyl groups is 1. The molecule has 3 N–H and O–H groups in total. The molecule has 0 fully saturated rings. The van der Waals surface area contributed by atoms with Gasteiger partial charge in [0.2, 0.25) is 5.91 Å². The Kier molecular flexibility index (Phi) is 5.71. The highest BCUT2D eigenvalue weighted by molar-refractivity contribution is 6.34. The van der Waals surface area contributed by atoms with E-state index in [1.54, 1.807) is 19.9 Å². The molecule has 2 aromatic rings. The Morgan fingerprint density at radius 3 is 2.57 bits per heavy atom. The summed E-state index contributed by atoms with van der Waals surface area (Å²) in [6.07, 6.45) is 0. The zero-order chi connectivity index (χ0) is 16.8. The minimum Gasteiger partial charge on any atom is -0.506 e. The van der Waals surface area contributed by atoms with Crippen molar-refractivity contribution in [2.75, 3.05) is 17.4 Å². The predicted molar refractivity (Wildman–Crippen MR) is 92.1 cm³/mol. The molecule has 23 heavy (non-hydrogen) atoms. The minimum absolute atomic E-state index is 0.0230. The van der Waals surface area contributed by atoms with Crippen LogP contribution < -0.4 is 15.4 Å². The van der Waals surface area contributed by atoms with Gasteiger partial charge in [-0.3, -0.25) is 4.79 Å². The Morgan fingerprint density at radius 1 is 1.22 bits per heavy atom. The topological polar surface area (TPSA) is 70.6 Å². The van der Waals surface area contributed by atoms with Crippen LogP contribution in [0.5, 0.6) is 11.5 Å². The van der Waals surface area contributed by atoms with Crippen molar-refractivity contribution in [3.63, 3.8) is 0 Å². The predicted octanol–water partition coefficient (Wildman–Crippen LogP) is 4.09. The molecule has 2 rings (SSSR count). The molecule has 0 atom stereocenters. The first kappa shape index (κ1) is 17.0. The maximum Gasteiger partial charge on any atom is 0.226 e. The second-order valence-corrected chi connectivity index (χ2v) is 5.68. The number of phenols is 1. The van der Waals surface area contributed by atoms with Gasteiger partial charge in [-0.05, 0) is 18.2 Å². The van der Waals surface area contributed by atoms with E-state index in [2.05, 4.69) is 10.6 Å². The summed E-state index contributed by atoms with van der Waals surface area (Å²) >= 11 is 6.14. The van der Waals surface area contributed by atoms with Gasteiger partial charge in [0.15, 0.2) is 6.73 Å². The molecule has 0 aliphatic heterocycles. The van der Waals surface area contributed by atoms with Crippen molar-refractivity contribution in [1.82, 2.24) is 0 Å². The van der Waals surface area contributed by atoms with Gasteiger partial charge in [-0.1, -0.05) is 43.6 Å². The minimum atomic E-state index is -0.176. The first-order valence-corrected chi connectivity index (χ1v) is 7.60. The molecule has 0 radical (unpaired) electrons. The number of amides is 1. The monoisotopic (exact) mass is 334 g/mol. The van der Waals surface area contributed by atoms with Crippen LogP contribution in [0.3, 0.4) is 0 Å². The Balaban J connectivity index is 2.00. The lowest BCUT2D eigenvalue weighted by Gasteiger charge is -2.14. The molecule has 122 valence electrons. The van der Waals surface area contributed by atoms with E-state index in [-0.39, 0.29) is 24.3 Å². The molecule has 0 heterocycles. The van der Waals surface area contributed by atoms with Crippen LogP contribution >= 0.6 is 11.6 Å². The van der Waals surface area contributed by atoms with E-state index in [0.717, 1.165) is 0 Å². The van der Waals surface area contributed by atoms with Crippen LogP contribution in [0.2, 0.25) is 5.02 Å². The van der Waals surface area contributed by atoms with Crippen molar-refractivity contribution < 1.29 is 14.6 Å².